The molecule has 0 unspecified atom stereocenters. The molecule has 0 heterocycles. The number of amides is 1. The monoisotopic (exact) mass is 348 g/mol. The number of nitrogens with one attached hydrogen (secondary N) is 1. The third-order valence-electron chi connectivity index (χ3n) is 3.43. The molecule has 4 nitrogen and oxygen atoms in total. The van der Waals surface area contributed by atoms with Crippen molar-refractivity contribution in [2.75, 3.05) is 11.9 Å². The number of halogens is 2. The van der Waals surface area contributed by atoms with Crippen LogP contribution in [0.2, 0.25) is 10.0 Å². The molecule has 2 aromatic rings. The second-order valence-electron chi connectivity index (χ2n) is 5.13. The van der Waals surface area contributed by atoms with Crippen LogP contribution < -0.4 is 10.6 Å². The van der Waals surface area contributed by atoms with E-state index in [-0.39, 0.29) is 18.5 Å². The van der Waals surface area contributed by atoms with E-state index in [1.54, 1.807) is 18.2 Å². The highest BCUT2D eigenvalue weighted by molar-refractivity contribution is 6.31. The van der Waals surface area contributed by atoms with Crippen LogP contribution in [0.25, 0.3) is 0 Å². The molecule has 0 aliphatic carbocycles. The lowest BCUT2D eigenvalue weighted by Gasteiger charge is -2.12. The van der Waals surface area contributed by atoms with Crippen molar-refractivity contribution in [3.05, 3.63) is 63.6 Å². The van der Waals surface area contributed by atoms with Crippen molar-refractivity contribution in [2.45, 2.75) is 13.0 Å². The number of nitriles is 1. The maximum absolute atomic E-state index is 12.1. The number of anilines is 1. The summed E-state index contributed by atoms with van der Waals surface area (Å²) in [5, 5.41) is 14.8. The molecule has 118 valence electrons. The number of carbonyl (C=O) groups excluding carboxylic acids is 1. The van der Waals surface area contributed by atoms with Crippen LogP contribution >= 0.6 is 23.2 Å². The molecule has 3 N–H and O–H groups in total. The standard InChI is InChI=1S/C17H15Cl2N3O/c1-11(12-2-5-14(18)6-3-12)21-10-17(23)22-16-8-15(19)7-4-13(16)9-20/h2-8,11,21H,10H2,1H3,(H,22,23)/p+1/t11-/m1/s1. The molecule has 2 rings (SSSR count). The molecular formula is C17H16Cl2N3O+. The van der Waals surface area contributed by atoms with Crippen LogP contribution in [0.15, 0.2) is 42.5 Å². The van der Waals surface area contributed by atoms with Gasteiger partial charge in [0.2, 0.25) is 0 Å². The van der Waals surface area contributed by atoms with E-state index in [2.05, 4.69) is 5.32 Å². The molecule has 23 heavy (non-hydrogen) atoms. The Morgan fingerprint density at radius 1 is 1.22 bits per heavy atom. The van der Waals surface area contributed by atoms with E-state index < -0.39 is 0 Å². The number of quaternary nitrogens is 1. The molecule has 0 fully saturated rings. The topological polar surface area (TPSA) is 69.5 Å². The molecular weight excluding hydrogens is 333 g/mol. The number of rotatable bonds is 5. The average Bonchev–Trinajstić information content (AvgIpc) is 2.53. The van der Waals surface area contributed by atoms with Gasteiger partial charge in [-0.05, 0) is 37.3 Å². The molecule has 0 bridgehead atoms. The van der Waals surface area contributed by atoms with E-state index in [0.717, 1.165) is 5.56 Å². The van der Waals surface area contributed by atoms with Crippen LogP contribution in [-0.4, -0.2) is 12.5 Å². The van der Waals surface area contributed by atoms with E-state index in [1.807, 2.05) is 42.6 Å². The van der Waals surface area contributed by atoms with Gasteiger partial charge >= 0.3 is 0 Å². The van der Waals surface area contributed by atoms with Crippen molar-refractivity contribution < 1.29 is 10.1 Å². The fourth-order valence-electron chi connectivity index (χ4n) is 2.10. The molecule has 0 radical (unpaired) electrons. The lowest BCUT2D eigenvalue weighted by molar-refractivity contribution is -0.682. The highest BCUT2D eigenvalue weighted by Gasteiger charge is 2.13. The molecule has 0 aliphatic rings. The highest BCUT2D eigenvalue weighted by Crippen LogP contribution is 2.20. The maximum Gasteiger partial charge on any atom is 0.279 e. The number of nitrogens with zero attached hydrogens (tertiary/aromatic N) is 1. The van der Waals surface area contributed by atoms with Crippen molar-refractivity contribution in [3.8, 4) is 6.07 Å². The van der Waals surface area contributed by atoms with Crippen molar-refractivity contribution >= 4 is 34.8 Å². The number of hydrogen-bond acceptors (Lipinski definition) is 2. The number of carbonyl (C=O) groups is 1. The second kappa shape index (κ2) is 7.98. The largest absolute Gasteiger partial charge is 0.333 e. The van der Waals surface area contributed by atoms with Gasteiger partial charge in [0.15, 0.2) is 6.54 Å². The summed E-state index contributed by atoms with van der Waals surface area (Å²) in [5.41, 5.74) is 1.90. The highest BCUT2D eigenvalue weighted by atomic mass is 35.5. The minimum atomic E-state index is -0.190. The van der Waals surface area contributed by atoms with Gasteiger partial charge in [0.05, 0.1) is 11.3 Å². The fraction of sp³-hybridized carbons (Fsp3) is 0.176. The lowest BCUT2D eigenvalue weighted by Crippen LogP contribution is -2.86. The van der Waals surface area contributed by atoms with Crippen LogP contribution in [0, 0.1) is 11.3 Å². The predicted octanol–water partition coefficient (Wildman–Crippen LogP) is 3.13. The smallest absolute Gasteiger partial charge is 0.279 e. The van der Waals surface area contributed by atoms with Crippen LogP contribution in [0.1, 0.15) is 24.1 Å². The summed E-state index contributed by atoms with van der Waals surface area (Å²) in [5.74, 6) is -0.190. The minimum absolute atomic E-state index is 0.118. The molecule has 0 aliphatic heterocycles. The summed E-state index contributed by atoms with van der Waals surface area (Å²) in [6.45, 7) is 2.25. The summed E-state index contributed by atoms with van der Waals surface area (Å²) in [7, 11) is 0. The molecule has 1 amide bonds. The van der Waals surface area contributed by atoms with Crippen molar-refractivity contribution in [1.29, 1.82) is 5.26 Å². The van der Waals surface area contributed by atoms with Gasteiger partial charge in [0.1, 0.15) is 12.1 Å². The number of hydrogen-bond donors (Lipinski definition) is 2. The van der Waals surface area contributed by atoms with Gasteiger partial charge in [0.25, 0.3) is 5.91 Å². The van der Waals surface area contributed by atoms with Gasteiger partial charge in [-0.1, -0.05) is 35.3 Å². The number of nitrogens with two attached hydrogens (primary N) is 1. The molecule has 0 spiro atoms. The summed E-state index contributed by atoms with van der Waals surface area (Å²) in [4.78, 5) is 12.1. The van der Waals surface area contributed by atoms with Crippen molar-refractivity contribution in [2.24, 2.45) is 0 Å². The molecule has 0 saturated carbocycles. The Morgan fingerprint density at radius 3 is 2.52 bits per heavy atom. The van der Waals surface area contributed by atoms with Crippen LogP contribution in [0.4, 0.5) is 5.69 Å². The molecule has 1 atom stereocenters. The van der Waals surface area contributed by atoms with Gasteiger partial charge in [-0.2, -0.15) is 5.26 Å². The van der Waals surface area contributed by atoms with Crippen LogP contribution in [0.5, 0.6) is 0 Å². The van der Waals surface area contributed by atoms with Crippen molar-refractivity contribution in [1.82, 2.24) is 0 Å². The Kier molecular flexibility index (Phi) is 6.00. The predicted molar refractivity (Wildman–Crippen MR) is 91.5 cm³/mol. The van der Waals surface area contributed by atoms with Gasteiger partial charge in [-0.25, -0.2) is 0 Å². The van der Waals surface area contributed by atoms with Crippen LogP contribution in [-0.2, 0) is 4.79 Å². The zero-order chi connectivity index (χ0) is 16.8. The average molecular weight is 349 g/mol. The SMILES string of the molecule is C[C@@H]([NH2+]CC(=O)Nc1cc(Cl)ccc1C#N)c1ccc(Cl)cc1. The minimum Gasteiger partial charge on any atom is -0.333 e. The normalized spacial score (nSPS) is 11.6. The maximum atomic E-state index is 12.1. The molecule has 0 aromatic heterocycles. The first-order chi connectivity index (χ1) is 11.0. The fourth-order valence-corrected chi connectivity index (χ4v) is 2.40. The van der Waals surface area contributed by atoms with Gasteiger partial charge < -0.3 is 10.6 Å². The Morgan fingerprint density at radius 2 is 1.87 bits per heavy atom. The van der Waals surface area contributed by atoms with Crippen molar-refractivity contribution in [3.63, 3.8) is 0 Å². The quantitative estimate of drug-likeness (QED) is 0.871. The van der Waals surface area contributed by atoms with E-state index in [9.17, 15) is 4.79 Å². The first-order valence-electron chi connectivity index (χ1n) is 7.08. The Hall–Kier alpha value is -2.06. The van der Waals surface area contributed by atoms with E-state index in [0.29, 0.717) is 21.3 Å². The summed E-state index contributed by atoms with van der Waals surface area (Å²) < 4.78 is 0. The Labute approximate surface area is 145 Å². The Bertz CT molecular complexity index is 738. The zero-order valence-electron chi connectivity index (χ0n) is 12.5. The lowest BCUT2D eigenvalue weighted by atomic mass is 10.1. The Balaban J connectivity index is 1.94. The van der Waals surface area contributed by atoms with E-state index in [1.165, 1.54) is 0 Å². The van der Waals surface area contributed by atoms with Gasteiger partial charge in [-0.3, -0.25) is 4.79 Å². The first kappa shape index (κ1) is 17.3. The summed E-state index contributed by atoms with van der Waals surface area (Å²) >= 11 is 11.8. The number of benzene rings is 2. The summed E-state index contributed by atoms with van der Waals surface area (Å²) in [6, 6.07) is 14.4. The van der Waals surface area contributed by atoms with E-state index in [4.69, 9.17) is 28.5 Å². The molecule has 6 heteroatoms. The van der Waals surface area contributed by atoms with Gasteiger partial charge in [0, 0.05) is 15.6 Å². The second-order valence-corrected chi connectivity index (χ2v) is 6.00. The van der Waals surface area contributed by atoms with Gasteiger partial charge in [-0.15, -0.1) is 0 Å². The molecule has 2 aromatic carbocycles. The van der Waals surface area contributed by atoms with E-state index >= 15 is 0 Å². The first-order valence-corrected chi connectivity index (χ1v) is 7.83. The molecule has 0 saturated heterocycles. The third kappa shape index (κ3) is 4.97. The third-order valence-corrected chi connectivity index (χ3v) is 3.92. The zero-order valence-corrected chi connectivity index (χ0v) is 14.0. The van der Waals surface area contributed by atoms with Crippen LogP contribution in [0.3, 0.4) is 0 Å². The summed E-state index contributed by atoms with van der Waals surface area (Å²) in [6.07, 6.45) is 0.